The fourth-order valence-electron chi connectivity index (χ4n) is 0.793. The van der Waals surface area contributed by atoms with Gasteiger partial charge in [-0.05, 0) is 19.2 Å². The molecule has 1 aromatic rings. The summed E-state index contributed by atoms with van der Waals surface area (Å²) in [6.45, 7) is 1.28. The fourth-order valence-corrected chi connectivity index (χ4v) is 0.793. The molecule has 0 saturated carbocycles. The second kappa shape index (κ2) is 3.44. The van der Waals surface area contributed by atoms with E-state index < -0.39 is 11.6 Å². The standard InChI is InChI=1S/C8H8F2N/c1-11-5-6-7(9)3-2-4-8(6)10/h2-5,11H,1H3. The van der Waals surface area contributed by atoms with Gasteiger partial charge in [-0.25, -0.2) is 8.78 Å². The molecule has 0 saturated heterocycles. The van der Waals surface area contributed by atoms with Crippen LogP contribution in [0.25, 0.3) is 0 Å². The Balaban J connectivity index is 3.00. The maximum Gasteiger partial charge on any atom is 0.130 e. The van der Waals surface area contributed by atoms with E-state index in [1.165, 1.54) is 24.7 Å². The van der Waals surface area contributed by atoms with Crippen LogP contribution in [0.1, 0.15) is 5.56 Å². The van der Waals surface area contributed by atoms with Crippen molar-refractivity contribution in [3.05, 3.63) is 41.9 Å². The van der Waals surface area contributed by atoms with Crippen molar-refractivity contribution in [3.63, 3.8) is 0 Å². The van der Waals surface area contributed by atoms with Crippen LogP contribution in [0.15, 0.2) is 18.2 Å². The Labute approximate surface area is 64.0 Å². The predicted octanol–water partition coefficient (Wildman–Crippen LogP) is 1.69. The van der Waals surface area contributed by atoms with E-state index in [-0.39, 0.29) is 5.56 Å². The predicted molar refractivity (Wildman–Crippen MR) is 38.8 cm³/mol. The van der Waals surface area contributed by atoms with Gasteiger partial charge in [0.25, 0.3) is 0 Å². The number of hydrogen-bond donors (Lipinski definition) is 1. The van der Waals surface area contributed by atoms with Gasteiger partial charge in [-0.1, -0.05) is 6.07 Å². The zero-order valence-corrected chi connectivity index (χ0v) is 6.07. The van der Waals surface area contributed by atoms with Crippen molar-refractivity contribution in [2.24, 2.45) is 0 Å². The molecule has 0 aliphatic carbocycles. The molecule has 1 aromatic carbocycles. The van der Waals surface area contributed by atoms with Crippen molar-refractivity contribution >= 4 is 0 Å². The first kappa shape index (κ1) is 8.14. The lowest BCUT2D eigenvalue weighted by Crippen LogP contribution is -2.05. The summed E-state index contributed by atoms with van der Waals surface area (Å²) in [5.41, 5.74) is -0.0324. The van der Waals surface area contributed by atoms with Crippen LogP contribution in [-0.2, 0) is 0 Å². The lowest BCUT2D eigenvalue weighted by Gasteiger charge is -2.01. The summed E-state index contributed by atoms with van der Waals surface area (Å²) in [4.78, 5) is 0. The van der Waals surface area contributed by atoms with Crippen molar-refractivity contribution in [1.29, 1.82) is 0 Å². The molecule has 0 unspecified atom stereocenters. The van der Waals surface area contributed by atoms with Crippen LogP contribution in [0.4, 0.5) is 8.78 Å². The van der Waals surface area contributed by atoms with Crippen molar-refractivity contribution < 1.29 is 8.78 Å². The van der Waals surface area contributed by atoms with Gasteiger partial charge in [-0.15, -0.1) is 0 Å². The van der Waals surface area contributed by atoms with Gasteiger partial charge in [0.15, 0.2) is 0 Å². The maximum atomic E-state index is 12.7. The number of halogens is 2. The molecule has 11 heavy (non-hydrogen) atoms. The Morgan fingerprint density at radius 3 is 2.27 bits per heavy atom. The Bertz CT molecular complexity index is 228. The molecule has 1 rings (SSSR count). The van der Waals surface area contributed by atoms with E-state index in [1.807, 2.05) is 0 Å². The van der Waals surface area contributed by atoms with E-state index in [1.54, 1.807) is 7.05 Å². The molecule has 3 heteroatoms. The summed E-state index contributed by atoms with van der Waals surface area (Å²) in [7, 11) is 1.59. The van der Waals surface area contributed by atoms with Gasteiger partial charge in [0.05, 0.1) is 6.54 Å². The summed E-state index contributed by atoms with van der Waals surface area (Å²) >= 11 is 0. The van der Waals surface area contributed by atoms with Gasteiger partial charge >= 0.3 is 0 Å². The Morgan fingerprint density at radius 1 is 1.27 bits per heavy atom. The zero-order chi connectivity index (χ0) is 8.27. The second-order valence-corrected chi connectivity index (χ2v) is 2.07. The second-order valence-electron chi connectivity index (χ2n) is 2.07. The molecule has 1 nitrogen and oxygen atoms in total. The quantitative estimate of drug-likeness (QED) is 0.687. The van der Waals surface area contributed by atoms with Gasteiger partial charge in [0.2, 0.25) is 0 Å². The Morgan fingerprint density at radius 2 is 1.82 bits per heavy atom. The van der Waals surface area contributed by atoms with E-state index in [0.717, 1.165) is 0 Å². The molecule has 1 radical (unpaired) electrons. The molecule has 0 fully saturated rings. The van der Waals surface area contributed by atoms with E-state index in [9.17, 15) is 8.78 Å². The largest absolute Gasteiger partial charge is 0.311 e. The SMILES string of the molecule is CN[CH]c1c(F)cccc1F. The first-order valence-corrected chi connectivity index (χ1v) is 3.20. The zero-order valence-electron chi connectivity index (χ0n) is 6.07. The van der Waals surface area contributed by atoms with Crippen LogP contribution in [-0.4, -0.2) is 7.05 Å². The number of benzene rings is 1. The number of hydrogen-bond acceptors (Lipinski definition) is 1. The molecule has 1 N–H and O–H groups in total. The fraction of sp³-hybridized carbons (Fsp3) is 0.125. The monoisotopic (exact) mass is 156 g/mol. The van der Waals surface area contributed by atoms with Crippen LogP contribution >= 0.6 is 0 Å². The highest BCUT2D eigenvalue weighted by Gasteiger charge is 2.05. The van der Waals surface area contributed by atoms with Crippen molar-refractivity contribution in [2.75, 3.05) is 7.05 Å². The van der Waals surface area contributed by atoms with Crippen molar-refractivity contribution in [3.8, 4) is 0 Å². The molecule has 0 spiro atoms. The summed E-state index contributed by atoms with van der Waals surface area (Å²) < 4.78 is 25.5. The third-order valence-electron chi connectivity index (χ3n) is 1.29. The third-order valence-corrected chi connectivity index (χ3v) is 1.29. The normalized spacial score (nSPS) is 10.1. The van der Waals surface area contributed by atoms with Crippen LogP contribution in [0.5, 0.6) is 0 Å². The summed E-state index contributed by atoms with van der Waals surface area (Å²) in [5.74, 6) is -1.11. The van der Waals surface area contributed by atoms with Gasteiger partial charge in [-0.2, -0.15) is 0 Å². The number of rotatable bonds is 2. The Kier molecular flexibility index (Phi) is 2.54. The molecule has 0 aliphatic rings. The maximum absolute atomic E-state index is 12.7. The average Bonchev–Trinajstić information content (AvgIpc) is 1.97. The van der Waals surface area contributed by atoms with E-state index in [4.69, 9.17) is 0 Å². The molecule has 0 aromatic heterocycles. The summed E-state index contributed by atoms with van der Waals surface area (Å²) in [6.07, 6.45) is 0. The molecular formula is C8H8F2N. The molecule has 0 amide bonds. The van der Waals surface area contributed by atoms with Crippen LogP contribution < -0.4 is 5.32 Å². The van der Waals surface area contributed by atoms with Gasteiger partial charge in [0.1, 0.15) is 11.6 Å². The minimum Gasteiger partial charge on any atom is -0.311 e. The van der Waals surface area contributed by atoms with Gasteiger partial charge in [0, 0.05) is 5.56 Å². The highest BCUT2D eigenvalue weighted by atomic mass is 19.1. The van der Waals surface area contributed by atoms with Crippen molar-refractivity contribution in [2.45, 2.75) is 0 Å². The van der Waals surface area contributed by atoms with Crippen LogP contribution in [0.2, 0.25) is 0 Å². The molecule has 0 bridgehead atoms. The van der Waals surface area contributed by atoms with Crippen LogP contribution in [0.3, 0.4) is 0 Å². The summed E-state index contributed by atoms with van der Waals surface area (Å²) in [5, 5.41) is 2.56. The van der Waals surface area contributed by atoms with Gasteiger partial charge < -0.3 is 5.32 Å². The van der Waals surface area contributed by atoms with E-state index >= 15 is 0 Å². The molecule has 59 valence electrons. The lowest BCUT2D eigenvalue weighted by atomic mass is 10.2. The van der Waals surface area contributed by atoms with Crippen LogP contribution in [0, 0.1) is 18.2 Å². The highest BCUT2D eigenvalue weighted by molar-refractivity contribution is 5.25. The average molecular weight is 156 g/mol. The topological polar surface area (TPSA) is 12.0 Å². The number of nitrogens with one attached hydrogen (secondary N) is 1. The van der Waals surface area contributed by atoms with E-state index in [0.29, 0.717) is 0 Å². The van der Waals surface area contributed by atoms with Crippen molar-refractivity contribution in [1.82, 2.24) is 5.32 Å². The lowest BCUT2D eigenvalue weighted by molar-refractivity contribution is 0.567. The summed E-state index contributed by atoms with van der Waals surface area (Å²) in [6, 6.07) is 3.76. The molecule has 0 aliphatic heterocycles. The smallest absolute Gasteiger partial charge is 0.130 e. The Hall–Kier alpha value is -0.960. The first-order valence-electron chi connectivity index (χ1n) is 3.20. The molecule has 0 atom stereocenters. The highest BCUT2D eigenvalue weighted by Crippen LogP contribution is 2.11. The molecular weight excluding hydrogens is 148 g/mol. The first-order chi connectivity index (χ1) is 5.25. The third kappa shape index (κ3) is 1.74. The van der Waals surface area contributed by atoms with E-state index in [2.05, 4.69) is 5.32 Å². The minimum absolute atomic E-state index is 0.0324. The minimum atomic E-state index is -0.556. The molecule has 0 heterocycles. The van der Waals surface area contributed by atoms with Gasteiger partial charge in [-0.3, -0.25) is 0 Å².